The van der Waals surface area contributed by atoms with Gasteiger partial charge in [0.05, 0.1) is 5.60 Å². The lowest BCUT2D eigenvalue weighted by molar-refractivity contribution is -0.108. The van der Waals surface area contributed by atoms with Crippen molar-refractivity contribution in [3.05, 3.63) is 0 Å². The Balaban J connectivity index is 2.25. The fourth-order valence-corrected chi connectivity index (χ4v) is 2.05. The molecule has 1 fully saturated rings. The van der Waals surface area contributed by atoms with Crippen molar-refractivity contribution in [3.8, 4) is 0 Å². The predicted octanol–water partition coefficient (Wildman–Crippen LogP) is 0.812. The molecule has 0 aromatic rings. The highest BCUT2D eigenvalue weighted by Gasteiger charge is 2.31. The van der Waals surface area contributed by atoms with Gasteiger partial charge in [-0.2, -0.15) is 0 Å². The van der Waals surface area contributed by atoms with Gasteiger partial charge in [-0.1, -0.05) is 12.8 Å². The van der Waals surface area contributed by atoms with Crippen molar-refractivity contribution in [2.75, 3.05) is 20.1 Å². The number of aldehydes is 1. The number of hydrogen-bond donors (Lipinski definition) is 1. The van der Waals surface area contributed by atoms with Crippen LogP contribution in [0.1, 0.15) is 32.1 Å². The Morgan fingerprint density at radius 2 is 2.08 bits per heavy atom. The van der Waals surface area contributed by atoms with E-state index in [1.807, 2.05) is 11.9 Å². The van der Waals surface area contributed by atoms with E-state index in [1.165, 1.54) is 0 Å². The van der Waals surface area contributed by atoms with Gasteiger partial charge in [-0.25, -0.2) is 0 Å². The van der Waals surface area contributed by atoms with Crippen molar-refractivity contribution in [3.63, 3.8) is 0 Å². The van der Waals surface area contributed by atoms with Crippen LogP contribution in [0.2, 0.25) is 0 Å². The number of carbonyl (C=O) groups is 1. The van der Waals surface area contributed by atoms with Crippen molar-refractivity contribution in [2.24, 2.45) is 0 Å². The normalized spacial score (nSPS) is 20.8. The minimum Gasteiger partial charge on any atom is -0.389 e. The number of likely N-dealkylation sites (N-methyl/N-ethyl adjacent to an activating group) is 1. The SMILES string of the molecule is CN(CCC=O)CC1(O)CCCC1. The van der Waals surface area contributed by atoms with E-state index in [-0.39, 0.29) is 0 Å². The van der Waals surface area contributed by atoms with Crippen LogP contribution in [0.15, 0.2) is 0 Å². The second-order valence-corrected chi connectivity index (χ2v) is 4.12. The van der Waals surface area contributed by atoms with Crippen LogP contribution in [0, 0.1) is 0 Å². The molecule has 1 saturated carbocycles. The second-order valence-electron chi connectivity index (χ2n) is 4.12. The summed E-state index contributed by atoms with van der Waals surface area (Å²) < 4.78 is 0. The van der Waals surface area contributed by atoms with Crippen LogP contribution in [0.25, 0.3) is 0 Å². The summed E-state index contributed by atoms with van der Waals surface area (Å²) in [6.45, 7) is 1.46. The Morgan fingerprint density at radius 1 is 1.46 bits per heavy atom. The number of aliphatic hydroxyl groups is 1. The monoisotopic (exact) mass is 185 g/mol. The van der Waals surface area contributed by atoms with Gasteiger partial charge < -0.3 is 14.8 Å². The van der Waals surface area contributed by atoms with Crippen molar-refractivity contribution >= 4 is 6.29 Å². The Morgan fingerprint density at radius 3 is 2.62 bits per heavy atom. The van der Waals surface area contributed by atoms with E-state index in [0.717, 1.165) is 38.5 Å². The zero-order chi connectivity index (χ0) is 9.73. The summed E-state index contributed by atoms with van der Waals surface area (Å²) >= 11 is 0. The molecule has 1 aliphatic rings. The Kier molecular flexibility index (Phi) is 3.88. The van der Waals surface area contributed by atoms with Gasteiger partial charge in [-0.05, 0) is 19.9 Å². The number of rotatable bonds is 5. The van der Waals surface area contributed by atoms with Crippen LogP contribution in [-0.2, 0) is 4.79 Å². The maximum atomic E-state index is 10.1. The van der Waals surface area contributed by atoms with E-state index < -0.39 is 5.60 Å². The highest BCUT2D eigenvalue weighted by Crippen LogP contribution is 2.29. The highest BCUT2D eigenvalue weighted by atomic mass is 16.3. The molecular weight excluding hydrogens is 166 g/mol. The molecule has 0 amide bonds. The molecule has 1 N–H and O–H groups in total. The standard InChI is InChI=1S/C10H19NO2/c1-11(7-4-8-12)9-10(13)5-2-3-6-10/h8,13H,2-7,9H2,1H3. The summed E-state index contributed by atoms with van der Waals surface area (Å²) in [6, 6.07) is 0. The minimum absolute atomic E-state index is 0.475. The number of hydrogen-bond acceptors (Lipinski definition) is 3. The van der Waals surface area contributed by atoms with Gasteiger partial charge in [0.15, 0.2) is 0 Å². The summed E-state index contributed by atoms with van der Waals surface area (Å²) in [5.41, 5.74) is -0.475. The maximum Gasteiger partial charge on any atom is 0.121 e. The zero-order valence-corrected chi connectivity index (χ0v) is 8.33. The van der Waals surface area contributed by atoms with Gasteiger partial charge in [-0.3, -0.25) is 0 Å². The van der Waals surface area contributed by atoms with E-state index in [9.17, 15) is 9.90 Å². The fraction of sp³-hybridized carbons (Fsp3) is 0.900. The molecule has 0 atom stereocenters. The summed E-state index contributed by atoms with van der Waals surface area (Å²) in [7, 11) is 1.96. The Hall–Kier alpha value is -0.410. The largest absolute Gasteiger partial charge is 0.389 e. The van der Waals surface area contributed by atoms with Gasteiger partial charge in [0.25, 0.3) is 0 Å². The van der Waals surface area contributed by atoms with Crippen LogP contribution < -0.4 is 0 Å². The van der Waals surface area contributed by atoms with E-state index in [1.54, 1.807) is 0 Å². The molecule has 0 bridgehead atoms. The van der Waals surface area contributed by atoms with Gasteiger partial charge in [0, 0.05) is 19.5 Å². The molecule has 0 aromatic heterocycles. The first-order chi connectivity index (χ1) is 6.16. The molecule has 0 spiro atoms. The molecule has 0 aromatic carbocycles. The second kappa shape index (κ2) is 4.72. The van der Waals surface area contributed by atoms with Crippen molar-refractivity contribution in [1.82, 2.24) is 4.90 Å². The number of carbonyl (C=O) groups excluding carboxylic acids is 1. The minimum atomic E-state index is -0.475. The van der Waals surface area contributed by atoms with Crippen LogP contribution in [0.4, 0.5) is 0 Å². The molecule has 1 aliphatic carbocycles. The van der Waals surface area contributed by atoms with Gasteiger partial charge in [0.1, 0.15) is 6.29 Å². The van der Waals surface area contributed by atoms with E-state index in [0.29, 0.717) is 13.0 Å². The quantitative estimate of drug-likeness (QED) is 0.644. The highest BCUT2D eigenvalue weighted by molar-refractivity contribution is 5.49. The third kappa shape index (κ3) is 3.44. The summed E-state index contributed by atoms with van der Waals surface area (Å²) in [6.07, 6.45) is 5.59. The molecule has 0 radical (unpaired) electrons. The van der Waals surface area contributed by atoms with Crippen LogP contribution >= 0.6 is 0 Å². The third-order valence-electron chi connectivity index (χ3n) is 2.73. The average Bonchev–Trinajstić information content (AvgIpc) is 2.48. The van der Waals surface area contributed by atoms with Gasteiger partial charge in [0.2, 0.25) is 0 Å². The third-order valence-corrected chi connectivity index (χ3v) is 2.73. The summed E-state index contributed by atoms with van der Waals surface area (Å²) in [4.78, 5) is 12.2. The van der Waals surface area contributed by atoms with E-state index >= 15 is 0 Å². The molecule has 1 rings (SSSR count). The first kappa shape index (κ1) is 10.7. The van der Waals surface area contributed by atoms with Crippen LogP contribution in [0.5, 0.6) is 0 Å². The predicted molar refractivity (Wildman–Crippen MR) is 51.6 cm³/mol. The maximum absolute atomic E-state index is 10.1. The molecule has 3 heteroatoms. The summed E-state index contributed by atoms with van der Waals surface area (Å²) in [5, 5.41) is 10.0. The van der Waals surface area contributed by atoms with Crippen molar-refractivity contribution in [2.45, 2.75) is 37.7 Å². The fourth-order valence-electron chi connectivity index (χ4n) is 2.05. The lowest BCUT2D eigenvalue weighted by atomic mass is 10.0. The first-order valence-corrected chi connectivity index (χ1v) is 5.01. The summed E-state index contributed by atoms with van der Waals surface area (Å²) in [5.74, 6) is 0. The van der Waals surface area contributed by atoms with Gasteiger partial charge >= 0.3 is 0 Å². The zero-order valence-electron chi connectivity index (χ0n) is 8.33. The average molecular weight is 185 g/mol. The molecule has 0 unspecified atom stereocenters. The molecule has 3 nitrogen and oxygen atoms in total. The topological polar surface area (TPSA) is 40.5 Å². The molecule has 0 heterocycles. The molecule has 0 saturated heterocycles. The molecular formula is C10H19NO2. The smallest absolute Gasteiger partial charge is 0.121 e. The van der Waals surface area contributed by atoms with Crippen LogP contribution in [0.3, 0.4) is 0 Å². The number of nitrogens with zero attached hydrogens (tertiary/aromatic N) is 1. The lowest BCUT2D eigenvalue weighted by Gasteiger charge is -2.28. The Bertz CT molecular complexity index is 164. The molecule has 13 heavy (non-hydrogen) atoms. The molecule has 76 valence electrons. The van der Waals surface area contributed by atoms with Crippen molar-refractivity contribution in [1.29, 1.82) is 0 Å². The van der Waals surface area contributed by atoms with Gasteiger partial charge in [-0.15, -0.1) is 0 Å². The van der Waals surface area contributed by atoms with Crippen molar-refractivity contribution < 1.29 is 9.90 Å². The van der Waals surface area contributed by atoms with E-state index in [2.05, 4.69) is 0 Å². The van der Waals surface area contributed by atoms with Crippen LogP contribution in [-0.4, -0.2) is 42.0 Å². The Labute approximate surface area is 79.7 Å². The van der Waals surface area contributed by atoms with E-state index in [4.69, 9.17) is 0 Å². The molecule has 0 aliphatic heterocycles. The first-order valence-electron chi connectivity index (χ1n) is 5.01. The lowest BCUT2D eigenvalue weighted by Crippen LogP contribution is -2.39.